The summed E-state index contributed by atoms with van der Waals surface area (Å²) in [5.74, 6) is -0.322. The molecule has 3 nitrogen and oxygen atoms in total. The van der Waals surface area contributed by atoms with Gasteiger partial charge in [0.25, 0.3) is 5.97 Å². The van der Waals surface area contributed by atoms with Gasteiger partial charge in [-0.2, -0.15) is 0 Å². The Labute approximate surface area is 99.2 Å². The molecule has 0 spiro atoms. The first-order valence-electron chi connectivity index (χ1n) is 5.66. The maximum absolute atomic E-state index is 9.00. The molecule has 1 unspecified atom stereocenters. The van der Waals surface area contributed by atoms with E-state index in [-0.39, 0.29) is 0 Å². The SMILES string of the molecule is CC(=O)O.CC(C=CCC(C)(C)C)CCO. The van der Waals surface area contributed by atoms with Gasteiger partial charge in [-0.3, -0.25) is 4.79 Å². The first-order chi connectivity index (χ1) is 7.19. The van der Waals surface area contributed by atoms with E-state index in [0.717, 1.165) is 19.8 Å². The lowest BCUT2D eigenvalue weighted by molar-refractivity contribution is -0.134. The van der Waals surface area contributed by atoms with Gasteiger partial charge < -0.3 is 10.2 Å². The number of aliphatic hydroxyl groups excluding tert-OH is 1. The van der Waals surface area contributed by atoms with Crippen LogP contribution >= 0.6 is 0 Å². The van der Waals surface area contributed by atoms with Gasteiger partial charge in [0.2, 0.25) is 0 Å². The largest absolute Gasteiger partial charge is 0.481 e. The van der Waals surface area contributed by atoms with Crippen LogP contribution in [0.2, 0.25) is 0 Å². The number of carboxylic acid groups (broad SMARTS) is 1. The summed E-state index contributed by atoms with van der Waals surface area (Å²) in [6.45, 7) is 10.2. The summed E-state index contributed by atoms with van der Waals surface area (Å²) < 4.78 is 0. The zero-order valence-electron chi connectivity index (χ0n) is 11.2. The van der Waals surface area contributed by atoms with Crippen LogP contribution < -0.4 is 0 Å². The minimum atomic E-state index is -0.833. The predicted molar refractivity (Wildman–Crippen MR) is 67.4 cm³/mol. The fourth-order valence-electron chi connectivity index (χ4n) is 0.954. The average molecular weight is 230 g/mol. The van der Waals surface area contributed by atoms with E-state index in [9.17, 15) is 0 Å². The number of hydrogen-bond donors (Lipinski definition) is 2. The van der Waals surface area contributed by atoms with Crippen molar-refractivity contribution in [2.45, 2.75) is 47.5 Å². The van der Waals surface area contributed by atoms with Crippen molar-refractivity contribution in [3.05, 3.63) is 12.2 Å². The van der Waals surface area contributed by atoms with Gasteiger partial charge in [0.05, 0.1) is 0 Å². The molecule has 16 heavy (non-hydrogen) atoms. The van der Waals surface area contributed by atoms with Crippen molar-refractivity contribution < 1.29 is 15.0 Å². The molecule has 0 bridgehead atoms. The fourth-order valence-corrected chi connectivity index (χ4v) is 0.954. The zero-order valence-corrected chi connectivity index (χ0v) is 11.2. The van der Waals surface area contributed by atoms with Crippen LogP contribution in [0.3, 0.4) is 0 Å². The monoisotopic (exact) mass is 230 g/mol. The summed E-state index contributed by atoms with van der Waals surface area (Å²) in [6.07, 6.45) is 6.41. The number of carboxylic acids is 1. The Bertz CT molecular complexity index is 198. The van der Waals surface area contributed by atoms with Crippen LogP contribution in [0.15, 0.2) is 12.2 Å². The van der Waals surface area contributed by atoms with Crippen LogP contribution in [0.5, 0.6) is 0 Å². The van der Waals surface area contributed by atoms with Crippen LogP contribution in [-0.2, 0) is 4.79 Å². The summed E-state index contributed by atoms with van der Waals surface area (Å²) in [5.41, 5.74) is 0.384. The average Bonchev–Trinajstić information content (AvgIpc) is 2.00. The van der Waals surface area contributed by atoms with E-state index in [1.54, 1.807) is 0 Å². The highest BCUT2D eigenvalue weighted by Crippen LogP contribution is 2.19. The minimum absolute atomic E-state index is 0.293. The normalized spacial score (nSPS) is 13.1. The molecule has 0 heterocycles. The second-order valence-electron chi connectivity index (χ2n) is 5.20. The minimum Gasteiger partial charge on any atom is -0.481 e. The van der Waals surface area contributed by atoms with E-state index in [4.69, 9.17) is 15.0 Å². The van der Waals surface area contributed by atoms with Crippen molar-refractivity contribution >= 4 is 5.97 Å². The van der Waals surface area contributed by atoms with Crippen molar-refractivity contribution in [1.29, 1.82) is 0 Å². The van der Waals surface area contributed by atoms with Crippen LogP contribution in [0.25, 0.3) is 0 Å². The molecule has 0 aromatic rings. The molecule has 2 N–H and O–H groups in total. The second-order valence-corrected chi connectivity index (χ2v) is 5.20. The van der Waals surface area contributed by atoms with Crippen molar-refractivity contribution in [2.24, 2.45) is 11.3 Å². The van der Waals surface area contributed by atoms with Gasteiger partial charge in [-0.25, -0.2) is 0 Å². The standard InChI is InChI=1S/C11H22O.C2H4O2/c1-10(7-9-12)6-5-8-11(2,3)4;1-2(3)4/h5-6,10,12H,7-9H2,1-4H3;1H3,(H,3,4). The second kappa shape index (κ2) is 9.40. The maximum atomic E-state index is 9.00. The van der Waals surface area contributed by atoms with Gasteiger partial charge >= 0.3 is 0 Å². The Hall–Kier alpha value is -0.830. The zero-order chi connectivity index (χ0) is 13.2. The molecule has 0 radical (unpaired) electrons. The van der Waals surface area contributed by atoms with Gasteiger partial charge in [-0.15, -0.1) is 0 Å². The van der Waals surface area contributed by atoms with E-state index in [1.807, 2.05) is 0 Å². The molecular formula is C13H26O3. The Morgan fingerprint density at radius 1 is 1.38 bits per heavy atom. The molecule has 0 amide bonds. The predicted octanol–water partition coefficient (Wildman–Crippen LogP) is 3.09. The first-order valence-corrected chi connectivity index (χ1v) is 5.66. The molecule has 0 rings (SSSR count). The van der Waals surface area contributed by atoms with Crippen LogP contribution in [0.1, 0.15) is 47.5 Å². The van der Waals surface area contributed by atoms with E-state index < -0.39 is 5.97 Å². The van der Waals surface area contributed by atoms with E-state index in [2.05, 4.69) is 39.8 Å². The highest BCUT2D eigenvalue weighted by atomic mass is 16.4. The first kappa shape index (κ1) is 17.6. The number of allylic oxidation sites excluding steroid dienone is 2. The molecule has 0 aromatic heterocycles. The number of aliphatic hydroxyl groups is 1. The van der Waals surface area contributed by atoms with Gasteiger partial charge in [0.15, 0.2) is 0 Å². The highest BCUT2D eigenvalue weighted by molar-refractivity contribution is 5.62. The number of aliphatic carboxylic acids is 1. The third-order valence-electron chi connectivity index (χ3n) is 1.78. The third kappa shape index (κ3) is 23.2. The number of carbonyl (C=O) groups is 1. The lowest BCUT2D eigenvalue weighted by Crippen LogP contribution is -2.02. The molecule has 0 aliphatic carbocycles. The topological polar surface area (TPSA) is 57.5 Å². The summed E-state index contributed by atoms with van der Waals surface area (Å²) in [5, 5.41) is 16.1. The lowest BCUT2D eigenvalue weighted by Gasteiger charge is -2.15. The maximum Gasteiger partial charge on any atom is 0.300 e. The Morgan fingerprint density at radius 3 is 2.12 bits per heavy atom. The molecule has 0 saturated heterocycles. The van der Waals surface area contributed by atoms with Crippen LogP contribution in [-0.4, -0.2) is 22.8 Å². The smallest absolute Gasteiger partial charge is 0.300 e. The highest BCUT2D eigenvalue weighted by Gasteiger charge is 2.06. The Kier molecular flexibility index (Phi) is 10.3. The summed E-state index contributed by atoms with van der Waals surface area (Å²) >= 11 is 0. The van der Waals surface area contributed by atoms with E-state index in [1.165, 1.54) is 0 Å². The molecular weight excluding hydrogens is 204 g/mol. The molecule has 3 heteroatoms. The fraction of sp³-hybridized carbons (Fsp3) is 0.769. The molecule has 1 atom stereocenters. The molecule has 0 aliphatic rings. The molecule has 96 valence electrons. The van der Waals surface area contributed by atoms with Crippen molar-refractivity contribution in [1.82, 2.24) is 0 Å². The van der Waals surface area contributed by atoms with Gasteiger partial charge in [0.1, 0.15) is 0 Å². The lowest BCUT2D eigenvalue weighted by atomic mass is 9.91. The quantitative estimate of drug-likeness (QED) is 0.730. The molecule has 0 aliphatic heterocycles. The summed E-state index contributed by atoms with van der Waals surface area (Å²) in [4.78, 5) is 9.00. The van der Waals surface area contributed by atoms with Crippen LogP contribution in [0.4, 0.5) is 0 Å². The van der Waals surface area contributed by atoms with Crippen LogP contribution in [0, 0.1) is 11.3 Å². The van der Waals surface area contributed by atoms with Gasteiger partial charge in [-0.05, 0) is 24.2 Å². The number of hydrogen-bond acceptors (Lipinski definition) is 2. The van der Waals surface area contributed by atoms with E-state index >= 15 is 0 Å². The van der Waals surface area contributed by atoms with Gasteiger partial charge in [-0.1, -0.05) is 39.8 Å². The van der Waals surface area contributed by atoms with Crippen molar-refractivity contribution in [3.8, 4) is 0 Å². The van der Waals surface area contributed by atoms with Crippen molar-refractivity contribution in [3.63, 3.8) is 0 Å². The van der Waals surface area contributed by atoms with Crippen molar-refractivity contribution in [2.75, 3.05) is 6.61 Å². The summed E-state index contributed by atoms with van der Waals surface area (Å²) in [6, 6.07) is 0. The van der Waals surface area contributed by atoms with E-state index in [0.29, 0.717) is 17.9 Å². The molecule has 0 aromatic carbocycles. The molecule has 0 fully saturated rings. The summed E-state index contributed by atoms with van der Waals surface area (Å²) in [7, 11) is 0. The Morgan fingerprint density at radius 2 is 1.81 bits per heavy atom. The van der Waals surface area contributed by atoms with Gasteiger partial charge in [0, 0.05) is 13.5 Å². The Balaban J connectivity index is 0. The number of rotatable bonds is 4. The molecule has 0 saturated carbocycles. The third-order valence-corrected chi connectivity index (χ3v) is 1.78.